The SMILES string of the molecule is CSc1ncc(C(=O)Nc2nccs2)n1-c1ccc(F)cc1. The number of thioether (sulfide) groups is 1. The minimum absolute atomic E-state index is 0.313. The van der Waals surface area contributed by atoms with Crippen LogP contribution in [0.1, 0.15) is 10.5 Å². The second-order valence-electron chi connectivity index (χ2n) is 4.23. The minimum Gasteiger partial charge on any atom is -0.296 e. The highest BCUT2D eigenvalue weighted by molar-refractivity contribution is 7.98. The molecule has 0 fully saturated rings. The average molecular weight is 334 g/mol. The fraction of sp³-hybridized carbons (Fsp3) is 0.0714. The topological polar surface area (TPSA) is 59.8 Å². The Kier molecular flexibility index (Phi) is 4.21. The van der Waals surface area contributed by atoms with E-state index in [-0.39, 0.29) is 11.7 Å². The summed E-state index contributed by atoms with van der Waals surface area (Å²) in [7, 11) is 0. The van der Waals surface area contributed by atoms with Gasteiger partial charge in [0, 0.05) is 17.3 Å². The molecule has 1 amide bonds. The first-order valence-electron chi connectivity index (χ1n) is 6.27. The number of carbonyl (C=O) groups excluding carboxylic acids is 1. The van der Waals surface area contributed by atoms with E-state index in [1.807, 2.05) is 6.26 Å². The number of halogens is 1. The molecule has 3 rings (SSSR count). The number of nitrogens with zero attached hydrogens (tertiary/aromatic N) is 3. The van der Waals surface area contributed by atoms with E-state index < -0.39 is 0 Å². The number of aromatic nitrogens is 3. The third-order valence-corrected chi connectivity index (χ3v) is 4.22. The molecule has 0 saturated heterocycles. The molecule has 0 saturated carbocycles. The van der Waals surface area contributed by atoms with Crippen molar-refractivity contribution in [2.24, 2.45) is 0 Å². The molecule has 22 heavy (non-hydrogen) atoms. The van der Waals surface area contributed by atoms with Crippen molar-refractivity contribution in [1.82, 2.24) is 14.5 Å². The Balaban J connectivity index is 1.99. The monoisotopic (exact) mass is 334 g/mol. The zero-order valence-corrected chi connectivity index (χ0v) is 13.1. The van der Waals surface area contributed by atoms with Crippen LogP contribution in [0.3, 0.4) is 0 Å². The van der Waals surface area contributed by atoms with Gasteiger partial charge < -0.3 is 0 Å². The van der Waals surface area contributed by atoms with Gasteiger partial charge in [0.25, 0.3) is 5.91 Å². The number of thiazole rings is 1. The first-order chi connectivity index (χ1) is 10.7. The van der Waals surface area contributed by atoms with E-state index in [1.54, 1.807) is 28.3 Å². The van der Waals surface area contributed by atoms with E-state index in [1.165, 1.54) is 41.4 Å². The van der Waals surface area contributed by atoms with Crippen molar-refractivity contribution in [2.75, 3.05) is 11.6 Å². The molecule has 1 aromatic carbocycles. The van der Waals surface area contributed by atoms with Gasteiger partial charge in [-0.15, -0.1) is 11.3 Å². The van der Waals surface area contributed by atoms with E-state index in [0.717, 1.165) is 0 Å². The Labute approximate surface area is 134 Å². The first-order valence-corrected chi connectivity index (χ1v) is 8.38. The van der Waals surface area contributed by atoms with Crippen LogP contribution < -0.4 is 5.32 Å². The van der Waals surface area contributed by atoms with Crippen molar-refractivity contribution in [3.05, 3.63) is 53.6 Å². The van der Waals surface area contributed by atoms with Crippen LogP contribution in [-0.4, -0.2) is 26.7 Å². The van der Waals surface area contributed by atoms with Crippen molar-refractivity contribution in [3.63, 3.8) is 0 Å². The van der Waals surface area contributed by atoms with Crippen LogP contribution in [0.25, 0.3) is 5.69 Å². The van der Waals surface area contributed by atoms with Crippen molar-refractivity contribution in [1.29, 1.82) is 0 Å². The molecule has 2 heterocycles. The van der Waals surface area contributed by atoms with Gasteiger partial charge in [0.1, 0.15) is 11.5 Å². The molecule has 0 spiro atoms. The Morgan fingerprint density at radius 3 is 2.73 bits per heavy atom. The van der Waals surface area contributed by atoms with Crippen LogP contribution in [0.15, 0.2) is 47.2 Å². The van der Waals surface area contributed by atoms with Gasteiger partial charge in [-0.3, -0.25) is 14.7 Å². The summed E-state index contributed by atoms with van der Waals surface area (Å²) < 4.78 is 14.8. The molecule has 112 valence electrons. The number of hydrogen-bond acceptors (Lipinski definition) is 5. The normalized spacial score (nSPS) is 10.6. The van der Waals surface area contributed by atoms with Gasteiger partial charge in [-0.05, 0) is 30.5 Å². The zero-order chi connectivity index (χ0) is 15.5. The molecule has 1 N–H and O–H groups in total. The standard InChI is InChI=1S/C14H11FN4OS2/c1-21-14-17-8-11(12(20)18-13-16-6-7-22-13)19(14)10-4-2-9(15)3-5-10/h2-8H,1H3,(H,16,18,20). The largest absolute Gasteiger partial charge is 0.296 e. The Morgan fingerprint density at radius 1 is 1.32 bits per heavy atom. The number of rotatable bonds is 4. The van der Waals surface area contributed by atoms with Gasteiger partial charge in [0.05, 0.1) is 6.20 Å². The quantitative estimate of drug-likeness (QED) is 0.743. The molecule has 5 nitrogen and oxygen atoms in total. The third kappa shape index (κ3) is 2.88. The van der Waals surface area contributed by atoms with E-state index in [9.17, 15) is 9.18 Å². The molecule has 0 aliphatic rings. The lowest BCUT2D eigenvalue weighted by Crippen LogP contribution is -2.16. The summed E-state index contributed by atoms with van der Waals surface area (Å²) in [4.78, 5) is 20.7. The highest BCUT2D eigenvalue weighted by Crippen LogP contribution is 2.23. The summed E-state index contributed by atoms with van der Waals surface area (Å²) in [5, 5.41) is 5.66. The molecular weight excluding hydrogens is 323 g/mol. The predicted molar refractivity (Wildman–Crippen MR) is 85.4 cm³/mol. The highest BCUT2D eigenvalue weighted by atomic mass is 32.2. The highest BCUT2D eigenvalue weighted by Gasteiger charge is 2.18. The summed E-state index contributed by atoms with van der Waals surface area (Å²) in [6, 6.07) is 5.91. The van der Waals surface area contributed by atoms with Crippen LogP contribution in [0, 0.1) is 5.82 Å². The van der Waals surface area contributed by atoms with Gasteiger partial charge in [0.2, 0.25) is 0 Å². The third-order valence-electron chi connectivity index (χ3n) is 2.88. The molecule has 0 atom stereocenters. The van der Waals surface area contributed by atoms with Gasteiger partial charge in [-0.25, -0.2) is 14.4 Å². The number of amides is 1. The van der Waals surface area contributed by atoms with Gasteiger partial charge >= 0.3 is 0 Å². The second kappa shape index (κ2) is 6.29. The summed E-state index contributed by atoms with van der Waals surface area (Å²) in [5.74, 6) is -0.643. The zero-order valence-electron chi connectivity index (χ0n) is 11.5. The summed E-state index contributed by atoms with van der Waals surface area (Å²) in [6.07, 6.45) is 4.98. The van der Waals surface area contributed by atoms with Crippen LogP contribution in [0.4, 0.5) is 9.52 Å². The van der Waals surface area contributed by atoms with Crippen LogP contribution >= 0.6 is 23.1 Å². The fourth-order valence-electron chi connectivity index (χ4n) is 1.93. The lowest BCUT2D eigenvalue weighted by molar-refractivity contribution is 0.102. The van der Waals surface area contributed by atoms with E-state index in [0.29, 0.717) is 21.7 Å². The van der Waals surface area contributed by atoms with Crippen molar-refractivity contribution in [3.8, 4) is 5.69 Å². The maximum Gasteiger partial charge on any atom is 0.276 e. The molecule has 0 bridgehead atoms. The summed E-state index contributed by atoms with van der Waals surface area (Å²) in [6.45, 7) is 0. The smallest absolute Gasteiger partial charge is 0.276 e. The predicted octanol–water partition coefficient (Wildman–Crippen LogP) is 3.44. The van der Waals surface area contributed by atoms with E-state index in [2.05, 4.69) is 15.3 Å². The van der Waals surface area contributed by atoms with Crippen LogP contribution in [0.2, 0.25) is 0 Å². The number of nitrogens with one attached hydrogen (secondary N) is 1. The number of carbonyl (C=O) groups is 1. The first kappa shape index (κ1) is 14.7. The number of hydrogen-bond donors (Lipinski definition) is 1. The lowest BCUT2D eigenvalue weighted by atomic mass is 10.3. The van der Waals surface area contributed by atoms with Crippen LogP contribution in [0.5, 0.6) is 0 Å². The Hall–Kier alpha value is -2.19. The van der Waals surface area contributed by atoms with Crippen LogP contribution in [-0.2, 0) is 0 Å². The molecule has 3 aromatic rings. The Morgan fingerprint density at radius 2 is 2.09 bits per heavy atom. The average Bonchev–Trinajstić information content (AvgIpc) is 3.16. The fourth-order valence-corrected chi connectivity index (χ4v) is 2.99. The molecule has 0 aliphatic carbocycles. The Bertz CT molecular complexity index is 784. The molecule has 2 aromatic heterocycles. The molecule has 0 aliphatic heterocycles. The molecular formula is C14H11FN4OS2. The van der Waals surface area contributed by atoms with Crippen molar-refractivity contribution < 1.29 is 9.18 Å². The minimum atomic E-state index is -0.330. The molecule has 0 radical (unpaired) electrons. The second-order valence-corrected chi connectivity index (χ2v) is 5.90. The number of anilines is 1. The number of benzene rings is 1. The maximum absolute atomic E-state index is 13.1. The van der Waals surface area contributed by atoms with Crippen molar-refractivity contribution >= 4 is 34.1 Å². The maximum atomic E-state index is 13.1. The lowest BCUT2D eigenvalue weighted by Gasteiger charge is -2.10. The van der Waals surface area contributed by atoms with E-state index in [4.69, 9.17) is 0 Å². The van der Waals surface area contributed by atoms with E-state index >= 15 is 0 Å². The van der Waals surface area contributed by atoms with Gasteiger partial charge in [-0.2, -0.15) is 0 Å². The van der Waals surface area contributed by atoms with Crippen molar-refractivity contribution in [2.45, 2.75) is 5.16 Å². The van der Waals surface area contributed by atoms with Gasteiger partial charge in [-0.1, -0.05) is 11.8 Å². The molecule has 0 unspecified atom stereocenters. The van der Waals surface area contributed by atoms with Gasteiger partial charge in [0.15, 0.2) is 10.3 Å². The number of imidazole rings is 1. The summed E-state index contributed by atoms with van der Waals surface area (Å²) >= 11 is 2.74. The molecule has 8 heteroatoms. The summed E-state index contributed by atoms with van der Waals surface area (Å²) in [5.41, 5.74) is 1.04.